The fourth-order valence-corrected chi connectivity index (χ4v) is 1.85. The van der Waals surface area contributed by atoms with E-state index in [4.69, 9.17) is 4.74 Å². The highest BCUT2D eigenvalue weighted by atomic mass is 16.5. The highest BCUT2D eigenvalue weighted by Gasteiger charge is 1.99. The van der Waals surface area contributed by atoms with Crippen molar-refractivity contribution in [1.29, 1.82) is 0 Å². The number of hydrogen-bond acceptors (Lipinski definition) is 2. The molecule has 0 unspecified atom stereocenters. The van der Waals surface area contributed by atoms with Crippen LogP contribution in [-0.4, -0.2) is 20.2 Å². The number of rotatable bonds is 7. The molecule has 0 saturated carbocycles. The van der Waals surface area contributed by atoms with Crippen molar-refractivity contribution in [3.05, 3.63) is 29.3 Å². The minimum absolute atomic E-state index is 0.983. The molecule has 0 saturated heterocycles. The van der Waals surface area contributed by atoms with Gasteiger partial charge in [0.2, 0.25) is 0 Å². The third kappa shape index (κ3) is 4.23. The molecule has 2 heteroatoms. The van der Waals surface area contributed by atoms with Crippen molar-refractivity contribution < 1.29 is 4.74 Å². The predicted molar refractivity (Wildman–Crippen MR) is 69.2 cm³/mol. The number of aryl methyl sites for hydroxylation is 2. The second kappa shape index (κ2) is 7.29. The molecule has 0 radical (unpaired) electrons. The van der Waals surface area contributed by atoms with Gasteiger partial charge < -0.3 is 10.1 Å². The summed E-state index contributed by atoms with van der Waals surface area (Å²) in [5.41, 5.74) is 2.64. The summed E-state index contributed by atoms with van der Waals surface area (Å²) in [4.78, 5) is 0. The Morgan fingerprint density at radius 3 is 2.69 bits per heavy atom. The Balaban J connectivity index is 2.34. The quantitative estimate of drug-likeness (QED) is 0.715. The molecule has 0 fully saturated rings. The number of nitrogens with one attached hydrogen (secondary N) is 1. The van der Waals surface area contributed by atoms with Gasteiger partial charge in [0.05, 0.1) is 7.11 Å². The van der Waals surface area contributed by atoms with Crippen molar-refractivity contribution in [2.75, 3.05) is 20.2 Å². The largest absolute Gasteiger partial charge is 0.496 e. The van der Waals surface area contributed by atoms with E-state index < -0.39 is 0 Å². The summed E-state index contributed by atoms with van der Waals surface area (Å²) in [5.74, 6) is 0.983. The lowest BCUT2D eigenvalue weighted by atomic mass is 10.1. The van der Waals surface area contributed by atoms with Crippen LogP contribution in [0.5, 0.6) is 5.75 Å². The third-order valence-electron chi connectivity index (χ3n) is 2.78. The van der Waals surface area contributed by atoms with Crippen LogP contribution in [0.1, 0.15) is 30.9 Å². The summed E-state index contributed by atoms with van der Waals surface area (Å²) in [7, 11) is 1.72. The Kier molecular flexibility index (Phi) is 5.94. The van der Waals surface area contributed by atoms with E-state index in [1.807, 2.05) is 0 Å². The number of benzene rings is 1. The van der Waals surface area contributed by atoms with E-state index in [0.29, 0.717) is 0 Å². The van der Waals surface area contributed by atoms with Crippen molar-refractivity contribution in [1.82, 2.24) is 5.32 Å². The summed E-state index contributed by atoms with van der Waals surface area (Å²) in [5, 5.41) is 3.34. The summed E-state index contributed by atoms with van der Waals surface area (Å²) in [6.07, 6.45) is 3.66. The molecule has 0 atom stereocenters. The summed E-state index contributed by atoms with van der Waals surface area (Å²) >= 11 is 0. The fourth-order valence-electron chi connectivity index (χ4n) is 1.85. The average molecular weight is 221 g/mol. The predicted octanol–water partition coefficient (Wildman–Crippen LogP) is 2.94. The van der Waals surface area contributed by atoms with E-state index in [1.54, 1.807) is 7.11 Å². The van der Waals surface area contributed by atoms with Crippen molar-refractivity contribution in [2.45, 2.75) is 33.1 Å². The summed E-state index contributed by atoms with van der Waals surface area (Å²) in [6.45, 7) is 6.45. The zero-order valence-electron chi connectivity index (χ0n) is 10.7. The molecule has 1 rings (SSSR count). The van der Waals surface area contributed by atoms with Crippen LogP contribution in [0.3, 0.4) is 0 Å². The first-order chi connectivity index (χ1) is 7.77. The van der Waals surface area contributed by atoms with Gasteiger partial charge in [-0.1, -0.05) is 19.1 Å². The maximum Gasteiger partial charge on any atom is 0.121 e. The molecule has 2 nitrogen and oxygen atoms in total. The molecule has 1 aromatic rings. The van der Waals surface area contributed by atoms with Gasteiger partial charge in [-0.2, -0.15) is 0 Å². The Morgan fingerprint density at radius 2 is 2.06 bits per heavy atom. The van der Waals surface area contributed by atoms with E-state index in [1.165, 1.54) is 24.0 Å². The van der Waals surface area contributed by atoms with Crippen molar-refractivity contribution in [3.8, 4) is 5.75 Å². The van der Waals surface area contributed by atoms with Crippen LogP contribution in [0.4, 0.5) is 0 Å². The maximum absolute atomic E-state index is 5.25. The standard InChI is InChI=1S/C14H23NO/c1-4-15-10-6-5-7-13-8-9-14(16-3)12(2)11-13/h8-9,11,15H,4-7,10H2,1-3H3. The van der Waals surface area contributed by atoms with E-state index in [-0.39, 0.29) is 0 Å². The number of unbranched alkanes of at least 4 members (excludes halogenated alkanes) is 1. The first-order valence-electron chi connectivity index (χ1n) is 6.12. The van der Waals surface area contributed by atoms with Gasteiger partial charge >= 0.3 is 0 Å². The van der Waals surface area contributed by atoms with E-state index in [0.717, 1.165) is 25.3 Å². The van der Waals surface area contributed by atoms with Crippen LogP contribution in [0.15, 0.2) is 18.2 Å². The van der Waals surface area contributed by atoms with Crippen molar-refractivity contribution in [2.24, 2.45) is 0 Å². The smallest absolute Gasteiger partial charge is 0.121 e. The minimum atomic E-state index is 0.983. The third-order valence-corrected chi connectivity index (χ3v) is 2.78. The van der Waals surface area contributed by atoms with Gasteiger partial charge in [-0.3, -0.25) is 0 Å². The summed E-state index contributed by atoms with van der Waals surface area (Å²) < 4.78 is 5.25. The Hall–Kier alpha value is -1.02. The topological polar surface area (TPSA) is 21.3 Å². The lowest BCUT2D eigenvalue weighted by Gasteiger charge is -2.07. The van der Waals surface area contributed by atoms with Gasteiger partial charge in [0.25, 0.3) is 0 Å². The normalized spacial score (nSPS) is 10.4. The second-order valence-electron chi connectivity index (χ2n) is 4.11. The molecule has 0 bridgehead atoms. The van der Waals surface area contributed by atoms with E-state index in [9.17, 15) is 0 Å². The molecule has 0 aromatic heterocycles. The highest BCUT2D eigenvalue weighted by molar-refractivity contribution is 5.36. The molecule has 90 valence electrons. The molecule has 0 aliphatic rings. The number of ether oxygens (including phenoxy) is 1. The molecule has 0 heterocycles. The first-order valence-corrected chi connectivity index (χ1v) is 6.12. The van der Waals surface area contributed by atoms with Gasteiger partial charge in [0.15, 0.2) is 0 Å². The molecule has 0 aliphatic heterocycles. The van der Waals surface area contributed by atoms with Gasteiger partial charge in [0.1, 0.15) is 5.75 Å². The first kappa shape index (κ1) is 13.0. The zero-order valence-corrected chi connectivity index (χ0v) is 10.7. The lowest BCUT2D eigenvalue weighted by Crippen LogP contribution is -2.13. The van der Waals surface area contributed by atoms with E-state index >= 15 is 0 Å². The molecule has 1 aromatic carbocycles. The van der Waals surface area contributed by atoms with Crippen LogP contribution in [0.25, 0.3) is 0 Å². The van der Waals surface area contributed by atoms with Gasteiger partial charge in [-0.15, -0.1) is 0 Å². The number of methoxy groups -OCH3 is 1. The fraction of sp³-hybridized carbons (Fsp3) is 0.571. The Labute approximate surface area is 99.0 Å². The molecule has 16 heavy (non-hydrogen) atoms. The van der Waals surface area contributed by atoms with Crippen LogP contribution < -0.4 is 10.1 Å². The molecule has 1 N–H and O–H groups in total. The molecule has 0 spiro atoms. The summed E-state index contributed by atoms with van der Waals surface area (Å²) in [6, 6.07) is 6.46. The van der Waals surface area contributed by atoms with Crippen molar-refractivity contribution in [3.63, 3.8) is 0 Å². The Morgan fingerprint density at radius 1 is 1.25 bits per heavy atom. The monoisotopic (exact) mass is 221 g/mol. The van der Waals surface area contributed by atoms with Crippen molar-refractivity contribution >= 4 is 0 Å². The SMILES string of the molecule is CCNCCCCc1ccc(OC)c(C)c1. The van der Waals surface area contributed by atoms with Gasteiger partial charge in [-0.05, 0) is 56.5 Å². The highest BCUT2D eigenvalue weighted by Crippen LogP contribution is 2.19. The lowest BCUT2D eigenvalue weighted by molar-refractivity contribution is 0.411. The molecule has 0 aliphatic carbocycles. The molecular weight excluding hydrogens is 198 g/mol. The average Bonchev–Trinajstić information content (AvgIpc) is 2.29. The molecular formula is C14H23NO. The van der Waals surface area contributed by atoms with Gasteiger partial charge in [0, 0.05) is 0 Å². The van der Waals surface area contributed by atoms with E-state index in [2.05, 4.69) is 37.4 Å². The second-order valence-corrected chi connectivity index (χ2v) is 4.11. The Bertz CT molecular complexity index is 310. The minimum Gasteiger partial charge on any atom is -0.496 e. The maximum atomic E-state index is 5.25. The van der Waals surface area contributed by atoms with Gasteiger partial charge in [-0.25, -0.2) is 0 Å². The van der Waals surface area contributed by atoms with Crippen LogP contribution in [0, 0.1) is 6.92 Å². The van der Waals surface area contributed by atoms with Crippen LogP contribution in [0.2, 0.25) is 0 Å². The zero-order chi connectivity index (χ0) is 11.8. The number of hydrogen-bond donors (Lipinski definition) is 1. The molecule has 0 amide bonds. The van der Waals surface area contributed by atoms with Crippen LogP contribution in [-0.2, 0) is 6.42 Å². The van der Waals surface area contributed by atoms with Crippen LogP contribution >= 0.6 is 0 Å².